The van der Waals surface area contributed by atoms with E-state index in [4.69, 9.17) is 4.74 Å². The largest absolute Gasteiger partial charge is 0.488 e. The molecule has 4 aromatic carbocycles. The van der Waals surface area contributed by atoms with Crippen molar-refractivity contribution < 1.29 is 9.53 Å². The first-order valence-corrected chi connectivity index (χ1v) is 11.7. The molecule has 0 atom stereocenters. The fraction of sp³-hybridized carbons (Fsp3) is 0.0714. The Morgan fingerprint density at radius 3 is 2.53 bits per heavy atom. The monoisotopic (exact) mass is 511 g/mol. The minimum atomic E-state index is -0.178. The van der Waals surface area contributed by atoms with E-state index in [-0.39, 0.29) is 5.91 Å². The first-order valence-electron chi connectivity index (χ1n) is 10.9. The van der Waals surface area contributed by atoms with Crippen LogP contribution in [0.1, 0.15) is 21.5 Å². The number of aromatic nitrogens is 2. The van der Waals surface area contributed by atoms with Crippen molar-refractivity contribution >= 4 is 38.3 Å². The highest BCUT2D eigenvalue weighted by Crippen LogP contribution is 2.25. The summed E-state index contributed by atoms with van der Waals surface area (Å²) in [7, 11) is 0. The van der Waals surface area contributed by atoms with Crippen molar-refractivity contribution in [3.05, 3.63) is 125 Å². The molecule has 168 valence electrons. The van der Waals surface area contributed by atoms with Crippen LogP contribution in [0, 0.1) is 0 Å². The number of amides is 1. The number of rotatable bonds is 7. The summed E-state index contributed by atoms with van der Waals surface area (Å²) in [6.07, 6.45) is 3.52. The topological polar surface area (TPSA) is 56.2 Å². The minimum Gasteiger partial charge on any atom is -0.488 e. The average molecular weight is 512 g/mol. The predicted molar refractivity (Wildman–Crippen MR) is 138 cm³/mol. The van der Waals surface area contributed by atoms with Gasteiger partial charge in [-0.2, -0.15) is 5.10 Å². The highest BCUT2D eigenvalue weighted by Gasteiger charge is 2.09. The molecule has 5 nitrogen and oxygen atoms in total. The van der Waals surface area contributed by atoms with Gasteiger partial charge in [-0.05, 0) is 62.1 Å². The van der Waals surface area contributed by atoms with Crippen LogP contribution in [0.25, 0.3) is 10.8 Å². The lowest BCUT2D eigenvalue weighted by Gasteiger charge is -2.09. The maximum Gasteiger partial charge on any atom is 0.255 e. The number of nitrogens with zero attached hydrogens (tertiary/aromatic N) is 2. The van der Waals surface area contributed by atoms with Crippen LogP contribution in [-0.4, -0.2) is 15.7 Å². The van der Waals surface area contributed by atoms with Gasteiger partial charge in [0, 0.05) is 11.8 Å². The van der Waals surface area contributed by atoms with Crippen molar-refractivity contribution in [2.45, 2.75) is 13.2 Å². The van der Waals surface area contributed by atoms with Crippen molar-refractivity contribution in [1.82, 2.24) is 9.78 Å². The van der Waals surface area contributed by atoms with Crippen molar-refractivity contribution in [2.75, 3.05) is 5.32 Å². The van der Waals surface area contributed by atoms with E-state index in [1.165, 1.54) is 16.3 Å². The highest BCUT2D eigenvalue weighted by atomic mass is 79.9. The van der Waals surface area contributed by atoms with Gasteiger partial charge < -0.3 is 10.1 Å². The molecule has 34 heavy (non-hydrogen) atoms. The van der Waals surface area contributed by atoms with Crippen LogP contribution < -0.4 is 10.1 Å². The van der Waals surface area contributed by atoms with E-state index in [9.17, 15) is 4.79 Å². The fourth-order valence-corrected chi connectivity index (χ4v) is 4.20. The Hall–Kier alpha value is -3.90. The predicted octanol–water partition coefficient (Wildman–Crippen LogP) is 6.68. The zero-order chi connectivity index (χ0) is 23.3. The number of carbonyl (C=O) groups excluding carboxylic acids is 1. The first kappa shape index (κ1) is 21.9. The van der Waals surface area contributed by atoms with Gasteiger partial charge in [0.05, 0.1) is 22.9 Å². The van der Waals surface area contributed by atoms with Crippen LogP contribution in [0.5, 0.6) is 5.75 Å². The second-order valence-electron chi connectivity index (χ2n) is 7.94. The molecule has 0 fully saturated rings. The number of halogens is 1. The van der Waals surface area contributed by atoms with Crippen LogP contribution >= 0.6 is 15.9 Å². The first-order chi connectivity index (χ1) is 16.7. The molecule has 0 aliphatic carbocycles. The molecule has 6 heteroatoms. The van der Waals surface area contributed by atoms with Crippen molar-refractivity contribution in [3.63, 3.8) is 0 Å². The van der Waals surface area contributed by atoms with Gasteiger partial charge >= 0.3 is 0 Å². The fourth-order valence-electron chi connectivity index (χ4n) is 3.80. The van der Waals surface area contributed by atoms with E-state index < -0.39 is 0 Å². The number of para-hydroxylation sites is 1. The SMILES string of the molecule is O=C(Nc1cnn(Cc2cccc3ccccc23)c1)c1ccc(COc2ccccc2Br)cc1. The Morgan fingerprint density at radius 2 is 1.68 bits per heavy atom. The summed E-state index contributed by atoms with van der Waals surface area (Å²) >= 11 is 3.48. The van der Waals surface area contributed by atoms with E-state index in [0.717, 1.165) is 15.8 Å². The lowest BCUT2D eigenvalue weighted by atomic mass is 10.0. The zero-order valence-corrected chi connectivity index (χ0v) is 19.9. The highest BCUT2D eigenvalue weighted by molar-refractivity contribution is 9.10. The second kappa shape index (κ2) is 9.93. The Morgan fingerprint density at radius 1 is 0.912 bits per heavy atom. The maximum atomic E-state index is 12.7. The van der Waals surface area contributed by atoms with Crippen molar-refractivity contribution in [1.29, 1.82) is 0 Å². The summed E-state index contributed by atoms with van der Waals surface area (Å²) in [4.78, 5) is 12.7. The van der Waals surface area contributed by atoms with Crippen LogP contribution in [0.4, 0.5) is 5.69 Å². The average Bonchev–Trinajstić information content (AvgIpc) is 3.30. The quantitative estimate of drug-likeness (QED) is 0.265. The molecular formula is C28H22BrN3O2. The summed E-state index contributed by atoms with van der Waals surface area (Å²) in [5, 5.41) is 9.75. The minimum absolute atomic E-state index is 0.178. The third-order valence-corrected chi connectivity index (χ3v) is 6.21. The van der Waals surface area contributed by atoms with Crippen LogP contribution in [0.15, 0.2) is 108 Å². The standard InChI is InChI=1S/C28H22BrN3O2/c29-26-10-3-4-11-27(26)34-19-20-12-14-22(15-13-20)28(33)31-24-16-30-32(18-24)17-23-8-5-7-21-6-1-2-9-25(21)23/h1-16,18H,17,19H2,(H,31,33). The molecule has 0 saturated carbocycles. The molecule has 0 spiro atoms. The molecule has 1 amide bonds. The van der Waals surface area contributed by atoms with E-state index in [0.29, 0.717) is 24.4 Å². The number of anilines is 1. The van der Waals surface area contributed by atoms with Gasteiger partial charge in [0.25, 0.3) is 5.91 Å². The molecule has 1 N–H and O–H groups in total. The number of benzene rings is 4. The molecule has 0 unspecified atom stereocenters. The Bertz CT molecular complexity index is 1440. The van der Waals surface area contributed by atoms with E-state index >= 15 is 0 Å². The molecule has 0 bridgehead atoms. The van der Waals surface area contributed by atoms with Crippen molar-refractivity contribution in [3.8, 4) is 5.75 Å². The van der Waals surface area contributed by atoms with Gasteiger partial charge in [-0.15, -0.1) is 0 Å². The molecule has 0 aliphatic rings. The third kappa shape index (κ3) is 5.02. The van der Waals surface area contributed by atoms with E-state index in [2.05, 4.69) is 56.7 Å². The van der Waals surface area contributed by atoms with Gasteiger partial charge in [-0.3, -0.25) is 9.48 Å². The van der Waals surface area contributed by atoms with E-state index in [1.807, 2.05) is 59.4 Å². The Balaban J connectivity index is 1.21. The lowest BCUT2D eigenvalue weighted by molar-refractivity contribution is 0.102. The van der Waals surface area contributed by atoms with Gasteiger partial charge in [-0.1, -0.05) is 66.7 Å². The van der Waals surface area contributed by atoms with Crippen LogP contribution in [-0.2, 0) is 13.2 Å². The van der Waals surface area contributed by atoms with Crippen molar-refractivity contribution in [2.24, 2.45) is 0 Å². The third-order valence-electron chi connectivity index (χ3n) is 5.55. The number of hydrogen-bond acceptors (Lipinski definition) is 3. The van der Waals surface area contributed by atoms with E-state index in [1.54, 1.807) is 18.3 Å². The molecule has 0 aliphatic heterocycles. The van der Waals surface area contributed by atoms with Crippen LogP contribution in [0.2, 0.25) is 0 Å². The Labute approximate surface area is 206 Å². The summed E-state index contributed by atoms with van der Waals surface area (Å²) in [6.45, 7) is 1.05. The molecule has 5 rings (SSSR count). The lowest BCUT2D eigenvalue weighted by Crippen LogP contribution is -2.11. The number of carbonyl (C=O) groups is 1. The van der Waals surface area contributed by atoms with Gasteiger partial charge in [0.1, 0.15) is 12.4 Å². The Kier molecular flexibility index (Phi) is 6.40. The smallest absolute Gasteiger partial charge is 0.255 e. The summed E-state index contributed by atoms with van der Waals surface area (Å²) < 4.78 is 8.58. The molecule has 0 saturated heterocycles. The summed E-state index contributed by atoms with van der Waals surface area (Å²) in [5.41, 5.74) is 3.40. The molecule has 1 heterocycles. The number of hydrogen-bond donors (Lipinski definition) is 1. The molecular weight excluding hydrogens is 490 g/mol. The van der Waals surface area contributed by atoms with Gasteiger partial charge in [0.15, 0.2) is 0 Å². The summed E-state index contributed by atoms with van der Waals surface area (Å²) in [5.74, 6) is 0.604. The van der Waals surface area contributed by atoms with Crippen LogP contribution in [0.3, 0.4) is 0 Å². The molecule has 1 aromatic heterocycles. The molecule has 0 radical (unpaired) electrons. The maximum absolute atomic E-state index is 12.7. The zero-order valence-electron chi connectivity index (χ0n) is 18.3. The van der Waals surface area contributed by atoms with Gasteiger partial charge in [-0.25, -0.2) is 0 Å². The number of nitrogens with one attached hydrogen (secondary N) is 1. The second-order valence-corrected chi connectivity index (χ2v) is 8.79. The summed E-state index contributed by atoms with van der Waals surface area (Å²) in [6, 6.07) is 29.7. The molecule has 5 aromatic rings. The normalized spacial score (nSPS) is 10.9. The number of ether oxygens (including phenoxy) is 1. The van der Waals surface area contributed by atoms with Gasteiger partial charge in [0.2, 0.25) is 0 Å². The number of fused-ring (bicyclic) bond motifs is 1.